The molecule has 0 aliphatic carbocycles. The van der Waals surface area contributed by atoms with Crippen LogP contribution in [0.5, 0.6) is 0 Å². The van der Waals surface area contributed by atoms with Gasteiger partial charge in [-0.05, 0) is 25.1 Å². The number of likely N-dealkylation sites (N-methyl/N-ethyl adjacent to an activating group) is 1. The van der Waals surface area contributed by atoms with Crippen molar-refractivity contribution in [3.8, 4) is 0 Å². The van der Waals surface area contributed by atoms with Crippen molar-refractivity contribution < 1.29 is 4.52 Å². The Bertz CT molecular complexity index is 392. The molecule has 18 heavy (non-hydrogen) atoms. The number of aromatic nitrogens is 2. The van der Waals surface area contributed by atoms with Crippen molar-refractivity contribution in [2.45, 2.75) is 37.0 Å². The Kier molecular flexibility index (Phi) is 4.16. The summed E-state index contributed by atoms with van der Waals surface area (Å²) >= 11 is 3.93. The van der Waals surface area contributed by atoms with Crippen LogP contribution in [-0.4, -0.2) is 40.0 Å². The third kappa shape index (κ3) is 2.56. The van der Waals surface area contributed by atoms with Gasteiger partial charge in [0, 0.05) is 17.5 Å². The molecule has 0 amide bonds. The van der Waals surface area contributed by atoms with Gasteiger partial charge in [0.1, 0.15) is 0 Å². The molecule has 3 unspecified atom stereocenters. The molecule has 0 bridgehead atoms. The van der Waals surface area contributed by atoms with E-state index >= 15 is 0 Å². The van der Waals surface area contributed by atoms with Crippen molar-refractivity contribution in [3.05, 3.63) is 11.7 Å². The van der Waals surface area contributed by atoms with E-state index in [4.69, 9.17) is 4.52 Å². The summed E-state index contributed by atoms with van der Waals surface area (Å²) in [6, 6.07) is 0.490. The molecule has 2 saturated heterocycles. The predicted octanol–water partition coefficient (Wildman–Crippen LogP) is 2.45. The second kappa shape index (κ2) is 5.84. The van der Waals surface area contributed by atoms with Gasteiger partial charge in [-0.3, -0.25) is 0 Å². The van der Waals surface area contributed by atoms with Gasteiger partial charge >= 0.3 is 0 Å². The molecule has 100 valence electrons. The highest BCUT2D eigenvalue weighted by atomic mass is 32.2. The summed E-state index contributed by atoms with van der Waals surface area (Å²) in [7, 11) is 0. The smallest absolute Gasteiger partial charge is 0.232 e. The van der Waals surface area contributed by atoms with Crippen LogP contribution in [0.15, 0.2) is 4.52 Å². The Balaban J connectivity index is 1.71. The molecule has 2 fully saturated rings. The highest BCUT2D eigenvalue weighted by Gasteiger charge is 2.34. The van der Waals surface area contributed by atoms with Gasteiger partial charge < -0.3 is 9.84 Å². The first-order valence-corrected chi connectivity index (χ1v) is 8.85. The fraction of sp³-hybridized carbons (Fsp3) is 0.833. The van der Waals surface area contributed by atoms with E-state index in [2.05, 4.69) is 22.4 Å². The van der Waals surface area contributed by atoms with E-state index < -0.39 is 0 Å². The van der Waals surface area contributed by atoms with E-state index in [9.17, 15) is 0 Å². The highest BCUT2D eigenvalue weighted by molar-refractivity contribution is 7.99. The molecule has 0 spiro atoms. The first kappa shape index (κ1) is 12.8. The Morgan fingerprint density at radius 1 is 1.44 bits per heavy atom. The van der Waals surface area contributed by atoms with E-state index in [0.717, 1.165) is 29.8 Å². The average molecular weight is 285 g/mol. The van der Waals surface area contributed by atoms with Gasteiger partial charge in [-0.2, -0.15) is 28.5 Å². The summed E-state index contributed by atoms with van der Waals surface area (Å²) in [5.41, 5.74) is 0. The van der Waals surface area contributed by atoms with Crippen LogP contribution < -0.4 is 5.32 Å². The van der Waals surface area contributed by atoms with Crippen LogP contribution in [0.2, 0.25) is 0 Å². The maximum absolute atomic E-state index is 5.51. The quantitative estimate of drug-likeness (QED) is 0.917. The Morgan fingerprint density at radius 2 is 2.39 bits per heavy atom. The summed E-state index contributed by atoms with van der Waals surface area (Å²) < 4.78 is 5.51. The monoisotopic (exact) mass is 285 g/mol. The summed E-state index contributed by atoms with van der Waals surface area (Å²) in [5, 5.41) is 8.18. The van der Waals surface area contributed by atoms with Crippen LogP contribution in [0.4, 0.5) is 0 Å². The molecule has 0 saturated carbocycles. The minimum Gasteiger partial charge on any atom is -0.339 e. The number of nitrogens with one attached hydrogen (secondary N) is 1. The van der Waals surface area contributed by atoms with E-state index in [1.807, 2.05) is 23.5 Å². The molecule has 0 aromatic carbocycles. The van der Waals surface area contributed by atoms with Crippen LogP contribution in [0, 0.1) is 0 Å². The molecule has 3 heterocycles. The highest BCUT2D eigenvalue weighted by Crippen LogP contribution is 2.39. The minimum absolute atomic E-state index is 0.391. The predicted molar refractivity (Wildman–Crippen MR) is 76.3 cm³/mol. The number of hydrogen-bond donors (Lipinski definition) is 1. The van der Waals surface area contributed by atoms with Gasteiger partial charge in [0.05, 0.1) is 11.2 Å². The topological polar surface area (TPSA) is 51.0 Å². The lowest BCUT2D eigenvalue weighted by Crippen LogP contribution is -2.34. The van der Waals surface area contributed by atoms with Gasteiger partial charge in [-0.1, -0.05) is 12.1 Å². The lowest BCUT2D eigenvalue weighted by Gasteiger charge is -2.15. The third-order valence-electron chi connectivity index (χ3n) is 3.54. The normalized spacial score (nSPS) is 32.2. The van der Waals surface area contributed by atoms with Crippen molar-refractivity contribution >= 4 is 23.5 Å². The van der Waals surface area contributed by atoms with Crippen LogP contribution in [-0.2, 0) is 0 Å². The molecule has 3 rings (SSSR count). The van der Waals surface area contributed by atoms with Crippen LogP contribution >= 0.6 is 23.5 Å². The van der Waals surface area contributed by atoms with E-state index in [1.54, 1.807) is 0 Å². The molecule has 4 nitrogen and oxygen atoms in total. The third-order valence-corrected chi connectivity index (χ3v) is 6.10. The lowest BCUT2D eigenvalue weighted by molar-refractivity contribution is 0.337. The second-order valence-corrected chi connectivity index (χ2v) is 7.19. The Hall–Kier alpha value is -0.200. The molecule has 1 N–H and O–H groups in total. The molecule has 2 aliphatic rings. The molecule has 1 aromatic rings. The average Bonchev–Trinajstić information content (AvgIpc) is 3.10. The van der Waals surface area contributed by atoms with Crippen molar-refractivity contribution in [1.82, 2.24) is 15.5 Å². The molecular weight excluding hydrogens is 266 g/mol. The Morgan fingerprint density at radius 3 is 3.17 bits per heavy atom. The van der Waals surface area contributed by atoms with Gasteiger partial charge in [0.2, 0.25) is 5.89 Å². The first-order chi connectivity index (χ1) is 8.88. The van der Waals surface area contributed by atoms with Crippen molar-refractivity contribution in [3.63, 3.8) is 0 Å². The van der Waals surface area contributed by atoms with Gasteiger partial charge in [0.15, 0.2) is 5.82 Å². The zero-order valence-electron chi connectivity index (χ0n) is 10.6. The number of rotatable bonds is 4. The number of hydrogen-bond acceptors (Lipinski definition) is 6. The largest absolute Gasteiger partial charge is 0.339 e. The van der Waals surface area contributed by atoms with Crippen molar-refractivity contribution in [2.75, 3.05) is 23.8 Å². The van der Waals surface area contributed by atoms with Crippen LogP contribution in [0.1, 0.15) is 42.6 Å². The minimum atomic E-state index is 0.391. The summed E-state index contributed by atoms with van der Waals surface area (Å²) in [5.74, 6) is 5.62. The standard InChI is InChI=1S/C12H19N3OS2/c1-2-13-9-7-17-6-8(9)12-14-11(15-16-12)10-4-3-5-18-10/h8-10,13H,2-7H2,1H3. The van der Waals surface area contributed by atoms with Gasteiger partial charge in [-0.25, -0.2) is 0 Å². The van der Waals surface area contributed by atoms with Gasteiger partial charge in [0.25, 0.3) is 0 Å². The summed E-state index contributed by atoms with van der Waals surface area (Å²) in [4.78, 5) is 4.65. The number of thioether (sulfide) groups is 2. The summed E-state index contributed by atoms with van der Waals surface area (Å²) in [6.07, 6.45) is 2.47. The van der Waals surface area contributed by atoms with Crippen LogP contribution in [0.3, 0.4) is 0 Å². The maximum atomic E-state index is 5.51. The van der Waals surface area contributed by atoms with Gasteiger partial charge in [-0.15, -0.1) is 0 Å². The van der Waals surface area contributed by atoms with E-state index in [0.29, 0.717) is 17.2 Å². The van der Waals surface area contributed by atoms with Crippen molar-refractivity contribution in [2.24, 2.45) is 0 Å². The first-order valence-electron chi connectivity index (χ1n) is 6.64. The fourth-order valence-electron chi connectivity index (χ4n) is 2.57. The molecule has 6 heteroatoms. The van der Waals surface area contributed by atoms with E-state index in [1.165, 1.54) is 18.6 Å². The molecule has 3 atom stereocenters. The summed E-state index contributed by atoms with van der Waals surface area (Å²) in [6.45, 7) is 3.15. The SMILES string of the molecule is CCNC1CSCC1c1nc(C2CCCS2)no1. The zero-order valence-corrected chi connectivity index (χ0v) is 12.2. The lowest BCUT2D eigenvalue weighted by atomic mass is 10.0. The number of nitrogens with zero attached hydrogens (tertiary/aromatic N) is 2. The maximum Gasteiger partial charge on any atom is 0.232 e. The Labute approximate surface area is 116 Å². The van der Waals surface area contributed by atoms with Crippen molar-refractivity contribution in [1.29, 1.82) is 0 Å². The molecular formula is C12H19N3OS2. The zero-order chi connectivity index (χ0) is 12.4. The fourth-order valence-corrected chi connectivity index (χ4v) is 5.14. The molecule has 2 aliphatic heterocycles. The molecule has 0 radical (unpaired) electrons. The van der Waals surface area contributed by atoms with E-state index in [-0.39, 0.29) is 0 Å². The second-order valence-electron chi connectivity index (χ2n) is 4.80. The van der Waals surface area contributed by atoms with Crippen LogP contribution in [0.25, 0.3) is 0 Å². The molecule has 1 aromatic heterocycles.